The molecule has 3 heterocycles. The van der Waals surface area contributed by atoms with Gasteiger partial charge in [-0.3, -0.25) is 0 Å². The lowest BCUT2D eigenvalue weighted by atomic mass is 9.86. The number of aromatic nitrogens is 3. The third-order valence-electron chi connectivity index (χ3n) is 5.75. The van der Waals surface area contributed by atoms with Crippen LogP contribution < -0.4 is 0 Å². The number of hydrogen-bond acceptors (Lipinski definition) is 8. The summed E-state index contributed by atoms with van der Waals surface area (Å²) < 4.78 is 59.1. The molecule has 0 aliphatic carbocycles. The molecule has 2 aliphatic rings. The molecule has 0 amide bonds. The van der Waals surface area contributed by atoms with Gasteiger partial charge in [-0.2, -0.15) is 0 Å². The maximum atomic E-state index is 13.7. The zero-order chi connectivity index (χ0) is 23.8. The molecule has 4 rings (SSSR count). The Balaban J connectivity index is 1.74. The molecule has 2 saturated heterocycles. The van der Waals surface area contributed by atoms with Crippen LogP contribution in [-0.2, 0) is 19.0 Å². The highest BCUT2D eigenvalue weighted by atomic mass is 19.2. The highest BCUT2D eigenvalue weighted by molar-refractivity contribution is 5.68. The van der Waals surface area contributed by atoms with Gasteiger partial charge in [-0.05, 0) is 25.0 Å². The number of aliphatic hydroxyl groups excluding tert-OH is 2. The monoisotopic (exact) mass is 473 g/mol. The molecule has 1 aromatic heterocycles. The molecule has 2 aromatic rings. The van der Waals surface area contributed by atoms with Gasteiger partial charge in [0.1, 0.15) is 36.7 Å². The minimum atomic E-state index is -1.63. The van der Waals surface area contributed by atoms with E-state index >= 15 is 0 Å². The molecule has 5 atom stereocenters. The number of aliphatic carboxylic acids is 1. The van der Waals surface area contributed by atoms with E-state index < -0.39 is 66.8 Å². The zero-order valence-corrected chi connectivity index (χ0v) is 17.2. The van der Waals surface area contributed by atoms with Gasteiger partial charge in [0, 0.05) is 12.0 Å². The number of benzene rings is 1. The predicted molar refractivity (Wildman–Crippen MR) is 102 cm³/mol. The Hall–Kier alpha value is -2.58. The van der Waals surface area contributed by atoms with E-state index in [9.17, 15) is 28.2 Å². The van der Waals surface area contributed by atoms with Gasteiger partial charge < -0.3 is 29.5 Å². The van der Waals surface area contributed by atoms with Crippen LogP contribution in [0.3, 0.4) is 0 Å². The summed E-state index contributed by atoms with van der Waals surface area (Å²) in [6, 6.07) is 0.353. The van der Waals surface area contributed by atoms with Gasteiger partial charge >= 0.3 is 5.97 Å². The summed E-state index contributed by atoms with van der Waals surface area (Å²) in [6.45, 7) is -1.03. The number of carboxylic acid groups (broad SMARTS) is 1. The molecule has 33 heavy (non-hydrogen) atoms. The van der Waals surface area contributed by atoms with E-state index in [1.165, 1.54) is 6.20 Å². The van der Waals surface area contributed by atoms with Crippen molar-refractivity contribution in [3.05, 3.63) is 35.8 Å². The molecule has 13 heteroatoms. The number of halogens is 3. The first-order valence-corrected chi connectivity index (χ1v) is 10.3. The topological polar surface area (TPSA) is 136 Å². The average molecular weight is 473 g/mol. The molecular formula is C20H22F3N3O7. The van der Waals surface area contributed by atoms with Crippen LogP contribution in [0.1, 0.15) is 25.3 Å². The summed E-state index contributed by atoms with van der Waals surface area (Å²) in [6.07, 6.45) is -0.802. The van der Waals surface area contributed by atoms with Gasteiger partial charge in [-0.15, -0.1) is 5.10 Å². The molecule has 0 bridgehead atoms. The summed E-state index contributed by atoms with van der Waals surface area (Å²) in [5, 5.41) is 37.6. The minimum Gasteiger partial charge on any atom is -0.480 e. The van der Waals surface area contributed by atoms with Crippen molar-refractivity contribution in [2.24, 2.45) is 0 Å². The summed E-state index contributed by atoms with van der Waals surface area (Å²) >= 11 is 0. The largest absolute Gasteiger partial charge is 0.480 e. The number of carboxylic acids is 1. The Labute approximate surface area is 185 Å². The molecule has 180 valence electrons. The minimum absolute atomic E-state index is 0.0392. The molecule has 0 radical (unpaired) electrons. The quantitative estimate of drug-likeness (QED) is 0.526. The third kappa shape index (κ3) is 4.46. The van der Waals surface area contributed by atoms with Gasteiger partial charge in [0.25, 0.3) is 0 Å². The number of aliphatic hydroxyl groups is 2. The normalized spacial score (nSPS) is 30.0. The van der Waals surface area contributed by atoms with E-state index in [1.807, 2.05) is 0 Å². The Morgan fingerprint density at radius 3 is 2.61 bits per heavy atom. The first-order valence-electron chi connectivity index (χ1n) is 10.3. The maximum absolute atomic E-state index is 13.7. The Bertz CT molecular complexity index is 992. The van der Waals surface area contributed by atoms with Crippen LogP contribution in [0.15, 0.2) is 18.3 Å². The van der Waals surface area contributed by atoms with Crippen molar-refractivity contribution in [2.75, 3.05) is 19.8 Å². The van der Waals surface area contributed by atoms with Gasteiger partial charge in [0.2, 0.25) is 0 Å². The molecule has 0 unspecified atom stereocenters. The van der Waals surface area contributed by atoms with Crippen LogP contribution in [0.25, 0.3) is 11.3 Å². The molecule has 2 aliphatic heterocycles. The van der Waals surface area contributed by atoms with Crippen LogP contribution >= 0.6 is 0 Å². The van der Waals surface area contributed by atoms with E-state index in [0.717, 1.165) is 23.2 Å². The first-order chi connectivity index (χ1) is 15.8. The Morgan fingerprint density at radius 1 is 1.27 bits per heavy atom. The fourth-order valence-corrected chi connectivity index (χ4v) is 4.25. The number of rotatable bonds is 6. The Kier molecular flexibility index (Phi) is 6.68. The van der Waals surface area contributed by atoms with E-state index in [4.69, 9.17) is 19.3 Å². The summed E-state index contributed by atoms with van der Waals surface area (Å²) in [7, 11) is 0. The van der Waals surface area contributed by atoms with Crippen molar-refractivity contribution in [1.82, 2.24) is 15.0 Å². The number of ether oxygens (including phenoxy) is 3. The number of carbonyl (C=O) groups is 1. The van der Waals surface area contributed by atoms with Crippen molar-refractivity contribution >= 4 is 5.97 Å². The van der Waals surface area contributed by atoms with Crippen LogP contribution in [0.5, 0.6) is 0 Å². The van der Waals surface area contributed by atoms with Crippen LogP contribution in [-0.4, -0.2) is 80.2 Å². The van der Waals surface area contributed by atoms with Gasteiger partial charge in [-0.25, -0.2) is 22.6 Å². The highest BCUT2D eigenvalue weighted by Gasteiger charge is 2.57. The van der Waals surface area contributed by atoms with E-state index in [2.05, 4.69) is 10.3 Å². The second kappa shape index (κ2) is 9.35. The van der Waals surface area contributed by atoms with Gasteiger partial charge in [0.15, 0.2) is 23.2 Å². The maximum Gasteiger partial charge on any atom is 0.329 e. The van der Waals surface area contributed by atoms with E-state index in [-0.39, 0.29) is 17.9 Å². The molecular weight excluding hydrogens is 451 g/mol. The molecule has 2 fully saturated rings. The van der Waals surface area contributed by atoms with E-state index in [1.54, 1.807) is 0 Å². The first kappa shape index (κ1) is 23.6. The highest BCUT2D eigenvalue weighted by Crippen LogP contribution is 2.44. The second-order valence-electron chi connectivity index (χ2n) is 7.90. The summed E-state index contributed by atoms with van der Waals surface area (Å²) in [4.78, 5) is 11.2. The fraction of sp³-hybridized carbons (Fsp3) is 0.550. The number of hydrogen-bond donors (Lipinski definition) is 3. The van der Waals surface area contributed by atoms with Gasteiger partial charge in [0.05, 0.1) is 19.4 Å². The lowest BCUT2D eigenvalue weighted by Crippen LogP contribution is -2.65. The Morgan fingerprint density at radius 2 is 2.00 bits per heavy atom. The van der Waals surface area contributed by atoms with Crippen molar-refractivity contribution in [3.63, 3.8) is 0 Å². The predicted octanol–water partition coefficient (Wildman–Crippen LogP) is 1.02. The van der Waals surface area contributed by atoms with Crippen LogP contribution in [0, 0.1) is 17.5 Å². The second-order valence-corrected chi connectivity index (χ2v) is 7.90. The molecule has 1 aromatic carbocycles. The van der Waals surface area contributed by atoms with Crippen LogP contribution in [0.4, 0.5) is 13.2 Å². The standard InChI is InChI=1S/C20H22F3N3O7/c21-11-5-10(6-12(22)16(11)23)13-7-26(25-24-13)17-18(30)14(8-27)33-20(3-1-2-4-32-20)19(17)31-9-15(28)29/h5-7,14,17-19,27,30H,1-4,8-9H2,(H,28,29)/t14-,17+,18+,19-,20+/m1/s1. The van der Waals surface area contributed by atoms with Crippen molar-refractivity contribution < 1.29 is 47.5 Å². The smallest absolute Gasteiger partial charge is 0.329 e. The van der Waals surface area contributed by atoms with Crippen molar-refractivity contribution in [3.8, 4) is 11.3 Å². The van der Waals surface area contributed by atoms with E-state index in [0.29, 0.717) is 12.8 Å². The average Bonchev–Trinajstić information content (AvgIpc) is 3.27. The summed E-state index contributed by atoms with van der Waals surface area (Å²) in [5.74, 6) is -7.19. The number of nitrogens with zero attached hydrogens (tertiary/aromatic N) is 3. The third-order valence-corrected chi connectivity index (χ3v) is 5.75. The van der Waals surface area contributed by atoms with Crippen molar-refractivity contribution in [2.45, 2.75) is 49.4 Å². The van der Waals surface area contributed by atoms with Gasteiger partial charge in [-0.1, -0.05) is 5.21 Å². The summed E-state index contributed by atoms with van der Waals surface area (Å²) in [5.41, 5.74) is -0.146. The zero-order valence-electron chi connectivity index (χ0n) is 17.2. The lowest BCUT2D eigenvalue weighted by Gasteiger charge is -2.52. The molecule has 1 spiro atoms. The lowest BCUT2D eigenvalue weighted by molar-refractivity contribution is -0.370. The fourth-order valence-electron chi connectivity index (χ4n) is 4.25. The van der Waals surface area contributed by atoms with Crippen molar-refractivity contribution in [1.29, 1.82) is 0 Å². The van der Waals surface area contributed by atoms with Crippen LogP contribution in [0.2, 0.25) is 0 Å². The SMILES string of the molecule is O=C(O)CO[C@@H]1[C@@H](n2cc(-c3cc(F)c(F)c(F)c3)nn2)[C@@H](O)[C@@H](CO)O[C@@]12CCCCO2. The molecule has 3 N–H and O–H groups in total. The molecule has 10 nitrogen and oxygen atoms in total. The molecule has 0 saturated carbocycles.